The zero-order chi connectivity index (χ0) is 24.3. The molecule has 0 aliphatic heterocycles. The van der Waals surface area contributed by atoms with Crippen LogP contribution in [0.25, 0.3) is 10.2 Å². The number of hydrogen-bond acceptors (Lipinski definition) is 8. The second-order valence-electron chi connectivity index (χ2n) is 7.52. The smallest absolute Gasteiger partial charge is 0.244 e. The molecule has 176 valence electrons. The summed E-state index contributed by atoms with van der Waals surface area (Å²) in [6.07, 6.45) is 1.62. The lowest BCUT2D eigenvalue weighted by molar-refractivity contribution is -0.116. The third-order valence-corrected chi connectivity index (χ3v) is 7.88. The van der Waals surface area contributed by atoms with Crippen molar-refractivity contribution in [1.29, 1.82) is 0 Å². The van der Waals surface area contributed by atoms with Gasteiger partial charge in [-0.3, -0.25) is 14.7 Å². The minimum absolute atomic E-state index is 0.0630. The summed E-state index contributed by atoms with van der Waals surface area (Å²) in [6, 6.07) is 15.3. The van der Waals surface area contributed by atoms with Crippen molar-refractivity contribution in [2.24, 2.45) is 0 Å². The molecule has 34 heavy (non-hydrogen) atoms. The molecule has 0 N–H and O–H groups in total. The molecule has 0 aliphatic rings. The number of rotatable bonds is 8. The van der Waals surface area contributed by atoms with Gasteiger partial charge in [0.1, 0.15) is 27.5 Å². The summed E-state index contributed by atoms with van der Waals surface area (Å²) in [5.74, 6) is -0.205. The van der Waals surface area contributed by atoms with E-state index in [0.29, 0.717) is 32.5 Å². The molecular formula is C24H23N3O5S2. The first-order chi connectivity index (χ1) is 16.3. The highest BCUT2D eigenvalue weighted by atomic mass is 32.2. The average Bonchev–Trinajstić information content (AvgIpc) is 3.27. The second kappa shape index (κ2) is 9.78. The monoisotopic (exact) mass is 497 g/mol. The van der Waals surface area contributed by atoms with Gasteiger partial charge in [-0.25, -0.2) is 13.4 Å². The van der Waals surface area contributed by atoms with Gasteiger partial charge in [0.15, 0.2) is 15.0 Å². The number of benzene rings is 2. The van der Waals surface area contributed by atoms with Gasteiger partial charge in [-0.2, -0.15) is 0 Å². The molecule has 0 saturated heterocycles. The summed E-state index contributed by atoms with van der Waals surface area (Å²) in [5, 5.41) is 0.326. The van der Waals surface area contributed by atoms with Crippen LogP contribution < -0.4 is 14.4 Å². The third kappa shape index (κ3) is 4.87. The third-order valence-electron chi connectivity index (χ3n) is 5.17. The number of pyridine rings is 1. The summed E-state index contributed by atoms with van der Waals surface area (Å²) in [4.78, 5) is 23.8. The van der Waals surface area contributed by atoms with Gasteiger partial charge in [0.2, 0.25) is 5.91 Å². The Morgan fingerprint density at radius 1 is 1.00 bits per heavy atom. The van der Waals surface area contributed by atoms with Crippen LogP contribution in [0.1, 0.15) is 11.3 Å². The van der Waals surface area contributed by atoms with Gasteiger partial charge < -0.3 is 9.47 Å². The number of carbonyl (C=O) groups is 1. The number of ether oxygens (including phenoxy) is 2. The Hall–Kier alpha value is -3.50. The number of aryl methyl sites for hydroxylation is 1. The van der Waals surface area contributed by atoms with Gasteiger partial charge in [0.25, 0.3) is 0 Å². The fraction of sp³-hybridized carbons (Fsp3) is 0.208. The molecule has 1 amide bonds. The highest BCUT2D eigenvalue weighted by Crippen LogP contribution is 2.40. The van der Waals surface area contributed by atoms with Crippen LogP contribution >= 0.6 is 11.3 Å². The number of nitrogens with zero attached hydrogens (tertiary/aromatic N) is 3. The molecular weight excluding hydrogens is 474 g/mol. The first-order valence-corrected chi connectivity index (χ1v) is 12.8. The van der Waals surface area contributed by atoms with E-state index in [1.165, 1.54) is 35.5 Å². The van der Waals surface area contributed by atoms with Crippen molar-refractivity contribution in [3.63, 3.8) is 0 Å². The van der Waals surface area contributed by atoms with Crippen LogP contribution in [0, 0.1) is 6.92 Å². The van der Waals surface area contributed by atoms with Crippen LogP contribution in [0.2, 0.25) is 0 Å². The minimum Gasteiger partial charge on any atom is -0.495 e. The Morgan fingerprint density at radius 3 is 2.35 bits per heavy atom. The van der Waals surface area contributed by atoms with Crippen molar-refractivity contribution >= 4 is 42.4 Å². The van der Waals surface area contributed by atoms with Crippen LogP contribution in [0.3, 0.4) is 0 Å². The molecule has 4 aromatic rings. The van der Waals surface area contributed by atoms with E-state index >= 15 is 0 Å². The fourth-order valence-corrected chi connectivity index (χ4v) is 5.66. The number of sulfone groups is 1. The zero-order valence-corrected chi connectivity index (χ0v) is 20.5. The lowest BCUT2D eigenvalue weighted by Gasteiger charge is -2.19. The molecule has 0 saturated carbocycles. The van der Waals surface area contributed by atoms with E-state index < -0.39 is 21.5 Å². The molecule has 2 aromatic carbocycles. The Bertz CT molecular complexity index is 1380. The molecule has 0 unspecified atom stereocenters. The molecule has 0 radical (unpaired) electrons. The topological polar surface area (TPSA) is 98.7 Å². The highest BCUT2D eigenvalue weighted by molar-refractivity contribution is 7.92. The molecule has 8 nitrogen and oxygen atoms in total. The second-order valence-corrected chi connectivity index (χ2v) is 10.5. The lowest BCUT2D eigenvalue weighted by atomic mass is 10.2. The van der Waals surface area contributed by atoms with Crippen LogP contribution in [-0.4, -0.2) is 44.3 Å². The highest BCUT2D eigenvalue weighted by Gasteiger charge is 2.28. The maximum absolute atomic E-state index is 13.4. The van der Waals surface area contributed by atoms with E-state index in [4.69, 9.17) is 9.47 Å². The Labute approximate surface area is 201 Å². The number of carbonyl (C=O) groups excluding carboxylic acids is 1. The van der Waals surface area contributed by atoms with Crippen LogP contribution in [0.4, 0.5) is 5.13 Å². The van der Waals surface area contributed by atoms with Crippen LogP contribution in [-0.2, 0) is 21.2 Å². The van der Waals surface area contributed by atoms with E-state index in [9.17, 15) is 13.2 Å². The summed E-state index contributed by atoms with van der Waals surface area (Å²) < 4.78 is 37.6. The number of aromatic nitrogens is 2. The molecule has 10 heteroatoms. The quantitative estimate of drug-likeness (QED) is 0.362. The van der Waals surface area contributed by atoms with E-state index in [1.807, 2.05) is 6.92 Å². The van der Waals surface area contributed by atoms with Gasteiger partial charge in [-0.05, 0) is 43.3 Å². The standard InChI is InChI=1S/C24H23N3O5S2/c1-16-7-9-18(10-8-16)34(29,30)15-21(28)27(14-17-6-4-5-13-25-17)24-26-22-19(31-2)11-12-20(32-3)23(22)33-24/h4-13H,14-15H2,1-3H3. The molecule has 2 heterocycles. The van der Waals surface area contributed by atoms with E-state index in [0.717, 1.165) is 5.56 Å². The van der Waals surface area contributed by atoms with Crippen molar-refractivity contribution in [2.75, 3.05) is 24.9 Å². The normalized spacial score (nSPS) is 11.4. The van der Waals surface area contributed by atoms with Crippen molar-refractivity contribution in [3.05, 3.63) is 72.1 Å². The van der Waals surface area contributed by atoms with Gasteiger partial charge in [0, 0.05) is 6.20 Å². The zero-order valence-electron chi connectivity index (χ0n) is 18.9. The van der Waals surface area contributed by atoms with Crippen molar-refractivity contribution in [1.82, 2.24) is 9.97 Å². The van der Waals surface area contributed by atoms with Gasteiger partial charge >= 0.3 is 0 Å². The molecule has 4 rings (SSSR count). The van der Waals surface area contributed by atoms with E-state index in [2.05, 4.69) is 9.97 Å². The number of amides is 1. The first-order valence-electron chi connectivity index (χ1n) is 10.3. The van der Waals surface area contributed by atoms with Crippen LogP contribution in [0.15, 0.2) is 65.7 Å². The minimum atomic E-state index is -3.86. The maximum atomic E-state index is 13.4. The lowest BCUT2D eigenvalue weighted by Crippen LogP contribution is -2.35. The predicted molar refractivity (Wildman–Crippen MR) is 131 cm³/mol. The number of thiazole rings is 1. The van der Waals surface area contributed by atoms with Crippen molar-refractivity contribution in [3.8, 4) is 11.5 Å². The maximum Gasteiger partial charge on any atom is 0.244 e. The Kier molecular flexibility index (Phi) is 6.80. The van der Waals surface area contributed by atoms with Crippen molar-refractivity contribution in [2.45, 2.75) is 18.4 Å². The number of anilines is 1. The Morgan fingerprint density at radius 2 is 1.71 bits per heavy atom. The van der Waals surface area contributed by atoms with Gasteiger partial charge in [0.05, 0.1) is 31.4 Å². The number of methoxy groups -OCH3 is 2. The van der Waals surface area contributed by atoms with Crippen molar-refractivity contribution < 1.29 is 22.7 Å². The summed E-state index contributed by atoms with van der Waals surface area (Å²) in [5.41, 5.74) is 2.06. The molecule has 0 aliphatic carbocycles. The Balaban J connectivity index is 1.75. The fourth-order valence-electron chi connectivity index (χ4n) is 3.38. The molecule has 0 atom stereocenters. The SMILES string of the molecule is COc1ccc(OC)c2sc(N(Cc3ccccn3)C(=O)CS(=O)(=O)c3ccc(C)cc3)nc12. The first kappa shape index (κ1) is 23.7. The predicted octanol–water partition coefficient (Wildman–Crippen LogP) is 4.02. The number of fused-ring (bicyclic) bond motifs is 1. The average molecular weight is 498 g/mol. The van der Waals surface area contributed by atoms with E-state index in [-0.39, 0.29) is 11.4 Å². The summed E-state index contributed by atoms with van der Waals surface area (Å²) in [6.45, 7) is 1.93. The van der Waals surface area contributed by atoms with Gasteiger partial charge in [-0.15, -0.1) is 0 Å². The molecule has 0 fully saturated rings. The molecule has 0 spiro atoms. The summed E-state index contributed by atoms with van der Waals surface area (Å²) in [7, 11) is -0.781. The van der Waals surface area contributed by atoms with E-state index in [1.54, 1.807) is 55.8 Å². The molecule has 0 bridgehead atoms. The molecule has 2 aromatic heterocycles. The van der Waals surface area contributed by atoms with Crippen LogP contribution in [0.5, 0.6) is 11.5 Å². The number of hydrogen-bond donors (Lipinski definition) is 0. The van der Waals surface area contributed by atoms with Gasteiger partial charge in [-0.1, -0.05) is 35.1 Å². The summed E-state index contributed by atoms with van der Waals surface area (Å²) >= 11 is 1.22. The largest absolute Gasteiger partial charge is 0.495 e.